The van der Waals surface area contributed by atoms with Gasteiger partial charge in [0.15, 0.2) is 11.5 Å². The Labute approximate surface area is 179 Å². The lowest BCUT2D eigenvalue weighted by atomic mass is 10.2. The third kappa shape index (κ3) is 4.91. The average molecular weight is 487 g/mol. The van der Waals surface area contributed by atoms with Crippen molar-refractivity contribution < 1.29 is 22.3 Å². The van der Waals surface area contributed by atoms with Gasteiger partial charge in [0, 0.05) is 26.2 Å². The van der Waals surface area contributed by atoms with E-state index in [2.05, 4.69) is 20.8 Å². The van der Waals surface area contributed by atoms with Crippen molar-refractivity contribution in [2.75, 3.05) is 40.4 Å². The first kappa shape index (κ1) is 22.0. The molecule has 1 fully saturated rings. The van der Waals surface area contributed by atoms with Crippen LogP contribution < -0.4 is 9.47 Å². The molecule has 1 aliphatic heterocycles. The molecule has 9 heteroatoms. The first-order valence-electron chi connectivity index (χ1n) is 9.24. The van der Waals surface area contributed by atoms with E-state index < -0.39 is 15.8 Å². The lowest BCUT2D eigenvalue weighted by Crippen LogP contribution is -2.35. The van der Waals surface area contributed by atoms with Crippen molar-refractivity contribution in [2.24, 2.45) is 0 Å². The fraction of sp³-hybridized carbons (Fsp3) is 0.400. The zero-order chi connectivity index (χ0) is 21.0. The highest BCUT2D eigenvalue weighted by molar-refractivity contribution is 9.10. The van der Waals surface area contributed by atoms with Gasteiger partial charge in [-0.3, -0.25) is 4.90 Å². The molecule has 2 aromatic carbocycles. The van der Waals surface area contributed by atoms with Crippen LogP contribution in [-0.2, 0) is 16.6 Å². The van der Waals surface area contributed by atoms with E-state index in [9.17, 15) is 12.8 Å². The predicted molar refractivity (Wildman–Crippen MR) is 112 cm³/mol. The molecule has 2 aromatic rings. The number of hydrogen-bond donors (Lipinski definition) is 0. The molecule has 0 radical (unpaired) electrons. The molecular formula is C20H24BrFN2O4S. The number of nitrogens with zero attached hydrogens (tertiary/aromatic N) is 2. The lowest BCUT2D eigenvalue weighted by molar-refractivity contribution is 0.277. The van der Waals surface area contributed by atoms with Crippen LogP contribution in [0.3, 0.4) is 0 Å². The second kappa shape index (κ2) is 9.42. The number of methoxy groups -OCH3 is 2. The van der Waals surface area contributed by atoms with Crippen molar-refractivity contribution in [2.45, 2.75) is 17.9 Å². The molecule has 0 N–H and O–H groups in total. The van der Waals surface area contributed by atoms with Crippen LogP contribution in [0.1, 0.15) is 12.0 Å². The first-order chi connectivity index (χ1) is 13.9. The number of hydrogen-bond acceptors (Lipinski definition) is 5. The Morgan fingerprint density at radius 3 is 2.38 bits per heavy atom. The van der Waals surface area contributed by atoms with E-state index in [4.69, 9.17) is 9.47 Å². The lowest BCUT2D eigenvalue weighted by Gasteiger charge is -2.23. The van der Waals surface area contributed by atoms with E-state index >= 15 is 0 Å². The van der Waals surface area contributed by atoms with E-state index in [1.807, 2.05) is 12.1 Å². The maximum atomic E-state index is 13.1. The Balaban J connectivity index is 1.71. The van der Waals surface area contributed by atoms with Crippen LogP contribution in [0, 0.1) is 5.82 Å². The number of ether oxygens (including phenoxy) is 2. The van der Waals surface area contributed by atoms with E-state index in [-0.39, 0.29) is 4.90 Å². The maximum Gasteiger partial charge on any atom is 0.243 e. The maximum absolute atomic E-state index is 13.1. The summed E-state index contributed by atoms with van der Waals surface area (Å²) in [5.74, 6) is 0.836. The number of rotatable bonds is 6. The standard InChI is InChI=1S/C20H24BrFN2O4S/c1-27-18-9-4-15(19(21)20(18)28-2)14-23-10-3-11-24(13-12-23)29(25,26)17-7-5-16(22)6-8-17/h4-9H,3,10-14H2,1-2H3. The highest BCUT2D eigenvalue weighted by Crippen LogP contribution is 2.38. The van der Waals surface area contributed by atoms with Crippen molar-refractivity contribution >= 4 is 26.0 Å². The molecule has 29 heavy (non-hydrogen) atoms. The van der Waals surface area contributed by atoms with Crippen LogP contribution >= 0.6 is 15.9 Å². The molecule has 0 aromatic heterocycles. The fourth-order valence-electron chi connectivity index (χ4n) is 3.39. The minimum absolute atomic E-state index is 0.120. The quantitative estimate of drug-likeness (QED) is 0.625. The molecule has 1 heterocycles. The second-order valence-corrected chi connectivity index (χ2v) is 9.49. The van der Waals surface area contributed by atoms with E-state index in [1.54, 1.807) is 14.2 Å². The van der Waals surface area contributed by atoms with Gasteiger partial charge in [-0.1, -0.05) is 6.07 Å². The van der Waals surface area contributed by atoms with Crippen molar-refractivity contribution in [1.82, 2.24) is 9.21 Å². The van der Waals surface area contributed by atoms with Crippen molar-refractivity contribution in [3.05, 3.63) is 52.3 Å². The summed E-state index contributed by atoms with van der Waals surface area (Å²) in [5, 5.41) is 0. The van der Waals surface area contributed by atoms with Crippen LogP contribution in [0.5, 0.6) is 11.5 Å². The van der Waals surface area contributed by atoms with Crippen LogP contribution in [0.15, 0.2) is 45.8 Å². The molecule has 1 aliphatic rings. The van der Waals surface area contributed by atoms with Gasteiger partial charge in [-0.2, -0.15) is 4.31 Å². The Morgan fingerprint density at radius 2 is 1.72 bits per heavy atom. The Morgan fingerprint density at radius 1 is 1.00 bits per heavy atom. The molecule has 1 saturated heterocycles. The van der Waals surface area contributed by atoms with Gasteiger partial charge >= 0.3 is 0 Å². The summed E-state index contributed by atoms with van der Waals surface area (Å²) in [6.45, 7) is 2.84. The number of sulfonamides is 1. The molecule has 0 amide bonds. The summed E-state index contributed by atoms with van der Waals surface area (Å²) < 4.78 is 51.9. The van der Waals surface area contributed by atoms with Gasteiger partial charge in [0.2, 0.25) is 10.0 Å². The second-order valence-electron chi connectivity index (χ2n) is 6.76. The summed E-state index contributed by atoms with van der Waals surface area (Å²) in [7, 11) is -0.446. The summed E-state index contributed by atoms with van der Waals surface area (Å²) in [5.41, 5.74) is 1.04. The minimum atomic E-state index is -3.63. The van der Waals surface area contributed by atoms with Crippen molar-refractivity contribution in [3.63, 3.8) is 0 Å². The SMILES string of the molecule is COc1ccc(CN2CCCN(S(=O)(=O)c3ccc(F)cc3)CC2)c(Br)c1OC. The Hall–Kier alpha value is -1.68. The largest absolute Gasteiger partial charge is 0.493 e. The van der Waals surface area contributed by atoms with Crippen LogP contribution in [-0.4, -0.2) is 58.0 Å². The Kier molecular flexibility index (Phi) is 7.15. The van der Waals surface area contributed by atoms with Crippen LogP contribution in [0.25, 0.3) is 0 Å². The normalized spacial score (nSPS) is 16.4. The van der Waals surface area contributed by atoms with Gasteiger partial charge < -0.3 is 9.47 Å². The zero-order valence-electron chi connectivity index (χ0n) is 16.4. The van der Waals surface area contributed by atoms with Gasteiger partial charge in [0.05, 0.1) is 23.6 Å². The molecule has 0 spiro atoms. The van der Waals surface area contributed by atoms with Gasteiger partial charge in [0.25, 0.3) is 0 Å². The predicted octanol–water partition coefficient (Wildman–Crippen LogP) is 3.50. The molecule has 0 unspecified atom stereocenters. The van der Waals surface area contributed by atoms with Crippen molar-refractivity contribution in [1.29, 1.82) is 0 Å². The molecule has 0 saturated carbocycles. The molecule has 0 aliphatic carbocycles. The third-order valence-corrected chi connectivity index (χ3v) is 7.74. The highest BCUT2D eigenvalue weighted by atomic mass is 79.9. The minimum Gasteiger partial charge on any atom is -0.493 e. The third-order valence-electron chi connectivity index (χ3n) is 4.96. The number of halogens is 2. The molecular weight excluding hydrogens is 463 g/mol. The van der Waals surface area contributed by atoms with Gasteiger partial charge in [0.1, 0.15) is 5.82 Å². The van der Waals surface area contributed by atoms with Crippen LogP contribution in [0.4, 0.5) is 4.39 Å². The Bertz CT molecular complexity index is 954. The summed E-state index contributed by atoms with van der Waals surface area (Å²) in [6, 6.07) is 8.81. The molecule has 0 atom stereocenters. The fourth-order valence-corrected chi connectivity index (χ4v) is 5.48. The monoisotopic (exact) mass is 486 g/mol. The molecule has 6 nitrogen and oxygen atoms in total. The molecule has 158 valence electrons. The van der Waals surface area contributed by atoms with Crippen molar-refractivity contribution in [3.8, 4) is 11.5 Å². The summed E-state index contributed by atoms with van der Waals surface area (Å²) in [4.78, 5) is 2.33. The highest BCUT2D eigenvalue weighted by Gasteiger charge is 2.27. The summed E-state index contributed by atoms with van der Waals surface area (Å²) >= 11 is 3.59. The topological polar surface area (TPSA) is 59.1 Å². The van der Waals surface area contributed by atoms with E-state index in [1.165, 1.54) is 28.6 Å². The smallest absolute Gasteiger partial charge is 0.243 e. The zero-order valence-corrected chi connectivity index (χ0v) is 18.8. The van der Waals surface area contributed by atoms with E-state index in [0.29, 0.717) is 44.1 Å². The van der Waals surface area contributed by atoms with Gasteiger partial charge in [-0.25, -0.2) is 12.8 Å². The number of benzene rings is 2. The first-order valence-corrected chi connectivity index (χ1v) is 11.5. The van der Waals surface area contributed by atoms with Crippen LogP contribution in [0.2, 0.25) is 0 Å². The molecule has 3 rings (SSSR count). The van der Waals surface area contributed by atoms with Gasteiger partial charge in [-0.15, -0.1) is 0 Å². The van der Waals surface area contributed by atoms with Gasteiger partial charge in [-0.05, 0) is 64.8 Å². The average Bonchev–Trinajstić information content (AvgIpc) is 2.95. The van der Waals surface area contributed by atoms with E-state index in [0.717, 1.165) is 16.6 Å². The summed E-state index contributed by atoms with van der Waals surface area (Å²) in [6.07, 6.45) is 0.714. The molecule has 0 bridgehead atoms.